The van der Waals surface area contributed by atoms with Gasteiger partial charge in [-0.3, -0.25) is 0 Å². The molecule has 0 aromatic heterocycles. The van der Waals surface area contributed by atoms with E-state index in [1.807, 2.05) is 0 Å². The van der Waals surface area contributed by atoms with Crippen LogP contribution in [-0.2, 0) is 0 Å². The summed E-state index contributed by atoms with van der Waals surface area (Å²) in [5.74, 6) is 0.373. The summed E-state index contributed by atoms with van der Waals surface area (Å²) in [4.78, 5) is 14.2. The van der Waals surface area contributed by atoms with Gasteiger partial charge in [-0.05, 0) is 36.4 Å². The van der Waals surface area contributed by atoms with Gasteiger partial charge in [0, 0.05) is 33.6 Å². The number of halogens is 5. The first kappa shape index (κ1) is 20.0. The number of urea groups is 1. The van der Waals surface area contributed by atoms with Crippen molar-refractivity contribution in [3.8, 4) is 5.75 Å². The second-order valence-electron chi connectivity index (χ2n) is 5.58. The first-order valence-corrected chi connectivity index (χ1v) is 9.53. The molecular weight excluding hydrogens is 424 g/mol. The molecule has 1 aliphatic rings. The quantitative estimate of drug-likeness (QED) is 0.625. The van der Waals surface area contributed by atoms with Crippen LogP contribution >= 0.6 is 35.0 Å². The van der Waals surface area contributed by atoms with Crippen molar-refractivity contribution in [3.05, 3.63) is 58.1 Å². The van der Waals surface area contributed by atoms with E-state index >= 15 is 0 Å². The fraction of sp³-hybridized carbons (Fsp3) is 0.235. The van der Waals surface area contributed by atoms with Crippen LogP contribution in [0.25, 0.3) is 0 Å². The van der Waals surface area contributed by atoms with Crippen LogP contribution in [0.2, 0.25) is 10.0 Å². The number of amides is 2. The molecule has 1 saturated heterocycles. The molecule has 1 fully saturated rings. The number of benzene rings is 2. The van der Waals surface area contributed by atoms with Crippen LogP contribution in [0.15, 0.2) is 42.5 Å². The van der Waals surface area contributed by atoms with E-state index in [9.17, 15) is 18.0 Å². The number of ether oxygens (including phenoxy) is 1. The minimum absolute atomic E-state index is 0.275. The molecule has 0 aliphatic carbocycles. The fourth-order valence-corrected chi connectivity index (χ4v) is 4.44. The Morgan fingerprint density at radius 2 is 1.89 bits per heavy atom. The zero-order chi connectivity index (χ0) is 19.6. The Hall–Kier alpha value is -1.77. The second kappa shape index (κ2) is 8.08. The molecule has 3 rings (SSSR count). The SMILES string of the molecule is O=C(Nc1ccc(OC(F)(F)F)cc1)N1CCSC1c1ccc(Cl)cc1Cl. The van der Waals surface area contributed by atoms with Gasteiger partial charge >= 0.3 is 12.4 Å². The maximum absolute atomic E-state index is 12.6. The van der Waals surface area contributed by atoms with Crippen molar-refractivity contribution in [2.45, 2.75) is 11.7 Å². The molecular formula is C17H13Cl2F3N2O2S. The normalized spacial score (nSPS) is 17.1. The van der Waals surface area contributed by atoms with E-state index in [1.54, 1.807) is 34.9 Å². The van der Waals surface area contributed by atoms with Crippen molar-refractivity contribution < 1.29 is 22.7 Å². The molecule has 0 bridgehead atoms. The Bertz CT molecular complexity index is 834. The molecule has 1 aliphatic heterocycles. The summed E-state index contributed by atoms with van der Waals surface area (Å²) in [5, 5.41) is 3.37. The topological polar surface area (TPSA) is 41.6 Å². The summed E-state index contributed by atoms with van der Waals surface area (Å²) in [6.07, 6.45) is -4.76. The van der Waals surface area contributed by atoms with Crippen LogP contribution < -0.4 is 10.1 Å². The molecule has 2 amide bonds. The van der Waals surface area contributed by atoms with Gasteiger partial charge in [0.2, 0.25) is 0 Å². The lowest BCUT2D eigenvalue weighted by Gasteiger charge is -2.25. The highest BCUT2D eigenvalue weighted by Crippen LogP contribution is 2.41. The van der Waals surface area contributed by atoms with E-state index in [4.69, 9.17) is 23.2 Å². The first-order chi connectivity index (χ1) is 12.7. The Morgan fingerprint density at radius 3 is 2.52 bits per heavy atom. The summed E-state index contributed by atoms with van der Waals surface area (Å²) in [6, 6.07) is 9.67. The average Bonchev–Trinajstić information content (AvgIpc) is 3.05. The zero-order valence-electron chi connectivity index (χ0n) is 13.6. The van der Waals surface area contributed by atoms with Crippen molar-refractivity contribution in [1.29, 1.82) is 0 Å². The summed E-state index contributed by atoms with van der Waals surface area (Å²) < 4.78 is 40.4. The molecule has 1 unspecified atom stereocenters. The zero-order valence-corrected chi connectivity index (χ0v) is 15.9. The minimum Gasteiger partial charge on any atom is -0.406 e. The van der Waals surface area contributed by atoms with Crippen LogP contribution in [0.1, 0.15) is 10.9 Å². The van der Waals surface area contributed by atoms with Gasteiger partial charge in [0.25, 0.3) is 0 Å². The smallest absolute Gasteiger partial charge is 0.406 e. The van der Waals surface area contributed by atoms with Gasteiger partial charge < -0.3 is 15.0 Å². The van der Waals surface area contributed by atoms with Gasteiger partial charge in [0.05, 0.1) is 0 Å². The number of anilines is 1. The number of rotatable bonds is 3. The van der Waals surface area contributed by atoms with E-state index in [1.165, 1.54) is 12.1 Å². The van der Waals surface area contributed by atoms with Crippen LogP contribution in [0.5, 0.6) is 5.75 Å². The predicted molar refractivity (Wildman–Crippen MR) is 101 cm³/mol. The molecule has 2 aromatic carbocycles. The maximum Gasteiger partial charge on any atom is 0.573 e. The Morgan fingerprint density at radius 1 is 1.19 bits per heavy atom. The van der Waals surface area contributed by atoms with E-state index in [2.05, 4.69) is 10.1 Å². The number of carbonyl (C=O) groups excluding carboxylic acids is 1. The molecule has 0 radical (unpaired) electrons. The van der Waals surface area contributed by atoms with Gasteiger partial charge in [-0.1, -0.05) is 29.3 Å². The van der Waals surface area contributed by atoms with Gasteiger partial charge in [0.1, 0.15) is 11.1 Å². The molecule has 0 saturated carbocycles. The molecule has 27 heavy (non-hydrogen) atoms. The van der Waals surface area contributed by atoms with E-state index in [-0.39, 0.29) is 17.2 Å². The van der Waals surface area contributed by atoms with Crippen molar-refractivity contribution in [1.82, 2.24) is 4.90 Å². The predicted octanol–water partition coefficient (Wildman–Crippen LogP) is 6.17. The number of nitrogens with one attached hydrogen (secondary N) is 1. The van der Waals surface area contributed by atoms with E-state index in [0.717, 1.165) is 23.4 Å². The highest BCUT2D eigenvalue weighted by atomic mass is 35.5. The number of thioether (sulfide) groups is 1. The molecule has 0 spiro atoms. The highest BCUT2D eigenvalue weighted by Gasteiger charge is 2.33. The number of alkyl halides is 3. The van der Waals surface area contributed by atoms with Gasteiger partial charge in [-0.25, -0.2) is 4.79 Å². The van der Waals surface area contributed by atoms with Gasteiger partial charge in [-0.15, -0.1) is 24.9 Å². The van der Waals surface area contributed by atoms with Gasteiger partial charge in [0.15, 0.2) is 0 Å². The molecule has 10 heteroatoms. The van der Waals surface area contributed by atoms with Crippen LogP contribution in [0, 0.1) is 0 Å². The number of hydrogen-bond donors (Lipinski definition) is 1. The van der Waals surface area contributed by atoms with Crippen molar-refractivity contribution in [2.75, 3.05) is 17.6 Å². The molecule has 1 N–H and O–H groups in total. The molecule has 4 nitrogen and oxygen atoms in total. The van der Waals surface area contributed by atoms with Crippen molar-refractivity contribution in [2.24, 2.45) is 0 Å². The summed E-state index contributed by atoms with van der Waals surface area (Å²) in [6.45, 7) is 0.509. The Labute approximate surface area is 167 Å². The lowest BCUT2D eigenvalue weighted by atomic mass is 10.2. The molecule has 2 aromatic rings. The van der Waals surface area contributed by atoms with Crippen molar-refractivity contribution >= 4 is 46.7 Å². The minimum atomic E-state index is -4.76. The summed E-state index contributed by atoms with van der Waals surface area (Å²) in [5.41, 5.74) is 1.13. The third-order valence-electron chi connectivity index (χ3n) is 3.72. The Kier molecular flexibility index (Phi) is 5.98. The average molecular weight is 437 g/mol. The number of nitrogens with zero attached hydrogens (tertiary/aromatic N) is 1. The number of hydrogen-bond acceptors (Lipinski definition) is 3. The van der Waals surface area contributed by atoms with Gasteiger partial charge in [-0.2, -0.15) is 0 Å². The first-order valence-electron chi connectivity index (χ1n) is 7.73. The van der Waals surface area contributed by atoms with Crippen molar-refractivity contribution in [3.63, 3.8) is 0 Å². The number of carbonyl (C=O) groups is 1. The van der Waals surface area contributed by atoms with Crippen LogP contribution in [0.3, 0.4) is 0 Å². The monoisotopic (exact) mass is 436 g/mol. The van der Waals surface area contributed by atoms with E-state index in [0.29, 0.717) is 22.3 Å². The third-order valence-corrected chi connectivity index (χ3v) is 5.52. The molecule has 144 valence electrons. The van der Waals surface area contributed by atoms with Crippen LogP contribution in [-0.4, -0.2) is 29.6 Å². The van der Waals surface area contributed by atoms with E-state index < -0.39 is 6.36 Å². The fourth-order valence-electron chi connectivity index (χ4n) is 2.57. The summed E-state index contributed by atoms with van der Waals surface area (Å²) in [7, 11) is 0. The molecule has 1 atom stereocenters. The lowest BCUT2D eigenvalue weighted by molar-refractivity contribution is -0.274. The maximum atomic E-state index is 12.6. The Balaban J connectivity index is 1.69. The van der Waals surface area contributed by atoms with Crippen LogP contribution in [0.4, 0.5) is 23.7 Å². The second-order valence-corrected chi connectivity index (χ2v) is 7.62. The largest absolute Gasteiger partial charge is 0.573 e. The standard InChI is InChI=1S/C17H13Cl2F3N2O2S/c18-10-1-6-13(14(19)9-10)15-24(7-8-27-15)16(25)23-11-2-4-12(5-3-11)26-17(20,21)22/h1-6,9,15H,7-8H2,(H,23,25). The highest BCUT2D eigenvalue weighted by molar-refractivity contribution is 7.99. The lowest BCUT2D eigenvalue weighted by Crippen LogP contribution is -2.34. The molecule has 1 heterocycles. The third kappa shape index (κ3) is 5.15. The summed E-state index contributed by atoms with van der Waals surface area (Å²) >= 11 is 13.7.